The van der Waals surface area contributed by atoms with Crippen LogP contribution in [0.25, 0.3) is 0 Å². The normalized spacial score (nSPS) is 15.1. The van der Waals surface area contributed by atoms with E-state index in [9.17, 15) is 13.2 Å². The molecule has 3 rings (SSSR count). The Morgan fingerprint density at radius 3 is 2.38 bits per heavy atom. The average molecular weight is 491 g/mol. The minimum absolute atomic E-state index is 0.0799. The largest absolute Gasteiger partial charge is 0.495 e. The highest BCUT2D eigenvalue weighted by Crippen LogP contribution is 2.29. The summed E-state index contributed by atoms with van der Waals surface area (Å²) >= 11 is 0. The van der Waals surface area contributed by atoms with Crippen molar-refractivity contribution in [2.24, 2.45) is 0 Å². The summed E-state index contributed by atoms with van der Waals surface area (Å²) in [4.78, 5) is 12.6. The van der Waals surface area contributed by atoms with Crippen LogP contribution in [0.1, 0.15) is 39.2 Å². The van der Waals surface area contributed by atoms with Gasteiger partial charge in [0.2, 0.25) is 15.9 Å². The van der Waals surface area contributed by atoms with Gasteiger partial charge in [-0.2, -0.15) is 4.31 Å². The Bertz CT molecular complexity index is 1070. The molecule has 1 heterocycles. The van der Waals surface area contributed by atoms with E-state index in [-0.39, 0.29) is 22.6 Å². The van der Waals surface area contributed by atoms with Crippen LogP contribution in [0.4, 0.5) is 5.69 Å². The number of rotatable bonds is 9. The van der Waals surface area contributed by atoms with Crippen LogP contribution in [0.15, 0.2) is 47.4 Å². The standard InChI is InChI=1S/C25H34N2O6S/c1-25(2,3)19-7-9-20(10-8-19)33-15-5-6-24(28)26-22-18-21(11-12-23(22)31-4)34(29,30)27-13-16-32-17-14-27/h7-12,18H,5-6,13-17H2,1-4H3,(H,26,28). The highest BCUT2D eigenvalue weighted by molar-refractivity contribution is 7.89. The molecule has 0 aromatic heterocycles. The minimum Gasteiger partial charge on any atom is -0.495 e. The third kappa shape index (κ3) is 6.71. The van der Waals surface area contributed by atoms with Gasteiger partial charge in [-0.05, 0) is 47.7 Å². The lowest BCUT2D eigenvalue weighted by Gasteiger charge is -2.26. The van der Waals surface area contributed by atoms with Gasteiger partial charge in [0.25, 0.3) is 0 Å². The molecule has 8 nitrogen and oxygen atoms in total. The number of nitrogens with one attached hydrogen (secondary N) is 1. The summed E-state index contributed by atoms with van der Waals surface area (Å²) < 4.78 is 43.6. The Labute approximate surface area is 202 Å². The monoisotopic (exact) mass is 490 g/mol. The van der Waals surface area contributed by atoms with Crippen molar-refractivity contribution >= 4 is 21.6 Å². The van der Waals surface area contributed by atoms with Crippen molar-refractivity contribution in [3.8, 4) is 11.5 Å². The van der Waals surface area contributed by atoms with E-state index in [2.05, 4.69) is 26.1 Å². The molecule has 1 saturated heterocycles. The summed E-state index contributed by atoms with van der Waals surface area (Å²) in [5.74, 6) is 0.909. The lowest BCUT2D eigenvalue weighted by Crippen LogP contribution is -2.40. The quantitative estimate of drug-likeness (QED) is 0.537. The predicted octanol–water partition coefficient (Wildman–Crippen LogP) is 3.81. The Morgan fingerprint density at radius 2 is 1.76 bits per heavy atom. The highest BCUT2D eigenvalue weighted by Gasteiger charge is 2.27. The van der Waals surface area contributed by atoms with Crippen LogP contribution < -0.4 is 14.8 Å². The van der Waals surface area contributed by atoms with Crippen molar-refractivity contribution in [1.29, 1.82) is 0 Å². The number of carbonyl (C=O) groups excluding carboxylic acids is 1. The zero-order chi connectivity index (χ0) is 24.8. The molecule has 1 N–H and O–H groups in total. The van der Waals surface area contributed by atoms with Crippen LogP contribution in [0, 0.1) is 0 Å². The molecule has 1 aliphatic rings. The number of sulfonamides is 1. The van der Waals surface area contributed by atoms with E-state index in [1.165, 1.54) is 29.1 Å². The van der Waals surface area contributed by atoms with E-state index in [1.807, 2.05) is 24.3 Å². The second-order valence-corrected chi connectivity index (χ2v) is 11.1. The fraction of sp³-hybridized carbons (Fsp3) is 0.480. The smallest absolute Gasteiger partial charge is 0.243 e. The number of hydrogen-bond donors (Lipinski definition) is 1. The summed E-state index contributed by atoms with van der Waals surface area (Å²) in [5.41, 5.74) is 1.63. The first-order chi connectivity index (χ1) is 16.1. The van der Waals surface area contributed by atoms with Crippen molar-refractivity contribution in [3.63, 3.8) is 0 Å². The lowest BCUT2D eigenvalue weighted by molar-refractivity contribution is -0.116. The Kier molecular flexibility index (Phi) is 8.57. The van der Waals surface area contributed by atoms with Crippen molar-refractivity contribution in [2.45, 2.75) is 43.9 Å². The van der Waals surface area contributed by atoms with Crippen molar-refractivity contribution in [1.82, 2.24) is 4.31 Å². The molecule has 0 aliphatic carbocycles. The van der Waals surface area contributed by atoms with E-state index in [4.69, 9.17) is 14.2 Å². The van der Waals surface area contributed by atoms with Crippen LogP contribution in [-0.4, -0.2) is 58.7 Å². The number of methoxy groups -OCH3 is 1. The van der Waals surface area contributed by atoms with Gasteiger partial charge in [-0.15, -0.1) is 0 Å². The molecule has 0 radical (unpaired) electrons. The molecule has 0 unspecified atom stereocenters. The van der Waals surface area contributed by atoms with E-state index in [1.54, 1.807) is 6.07 Å². The van der Waals surface area contributed by atoms with E-state index in [0.717, 1.165) is 5.75 Å². The summed E-state index contributed by atoms with van der Waals surface area (Å²) in [7, 11) is -2.21. The van der Waals surface area contributed by atoms with Crippen molar-refractivity contribution < 1.29 is 27.4 Å². The number of hydrogen-bond acceptors (Lipinski definition) is 6. The molecule has 0 saturated carbocycles. The Morgan fingerprint density at radius 1 is 1.09 bits per heavy atom. The maximum Gasteiger partial charge on any atom is 0.243 e. The van der Waals surface area contributed by atoms with E-state index < -0.39 is 10.0 Å². The van der Waals surface area contributed by atoms with Crippen LogP contribution in [0.5, 0.6) is 11.5 Å². The van der Waals surface area contributed by atoms with Gasteiger partial charge in [0.05, 0.1) is 37.5 Å². The number of anilines is 1. The third-order valence-corrected chi connectivity index (χ3v) is 7.48. The fourth-order valence-electron chi connectivity index (χ4n) is 3.57. The van der Waals surface area contributed by atoms with Gasteiger partial charge in [-0.1, -0.05) is 32.9 Å². The van der Waals surface area contributed by atoms with Crippen molar-refractivity contribution in [2.75, 3.05) is 45.3 Å². The SMILES string of the molecule is COc1ccc(S(=O)(=O)N2CCOCC2)cc1NC(=O)CCCOc1ccc(C(C)(C)C)cc1. The predicted molar refractivity (Wildman–Crippen MR) is 131 cm³/mol. The van der Waals surface area contributed by atoms with Gasteiger partial charge in [0.1, 0.15) is 11.5 Å². The molecule has 1 amide bonds. The average Bonchev–Trinajstić information content (AvgIpc) is 2.82. The molecule has 9 heteroatoms. The van der Waals surface area contributed by atoms with Gasteiger partial charge >= 0.3 is 0 Å². The topological polar surface area (TPSA) is 94.2 Å². The first-order valence-electron chi connectivity index (χ1n) is 11.4. The molecule has 186 valence electrons. The third-order valence-electron chi connectivity index (χ3n) is 5.59. The molecule has 1 fully saturated rings. The zero-order valence-electron chi connectivity index (χ0n) is 20.3. The van der Waals surface area contributed by atoms with E-state index >= 15 is 0 Å². The molecule has 34 heavy (non-hydrogen) atoms. The molecule has 1 aliphatic heterocycles. The lowest BCUT2D eigenvalue weighted by atomic mass is 9.87. The highest BCUT2D eigenvalue weighted by atomic mass is 32.2. The fourth-order valence-corrected chi connectivity index (χ4v) is 5.00. The summed E-state index contributed by atoms with van der Waals surface area (Å²) in [5, 5.41) is 2.77. The molecular weight excluding hydrogens is 456 g/mol. The van der Waals surface area contributed by atoms with Crippen molar-refractivity contribution in [3.05, 3.63) is 48.0 Å². The second-order valence-electron chi connectivity index (χ2n) is 9.15. The molecule has 0 spiro atoms. The van der Waals surface area contributed by atoms with Crippen LogP contribution in [0.2, 0.25) is 0 Å². The number of ether oxygens (including phenoxy) is 3. The number of morpholine rings is 1. The number of benzene rings is 2. The number of nitrogens with zero attached hydrogens (tertiary/aromatic N) is 1. The maximum atomic E-state index is 12.9. The Hall–Kier alpha value is -2.62. The van der Waals surface area contributed by atoms with Crippen LogP contribution in [-0.2, 0) is 25.0 Å². The van der Waals surface area contributed by atoms with Gasteiger partial charge in [-0.3, -0.25) is 4.79 Å². The van der Waals surface area contributed by atoms with E-state index in [0.29, 0.717) is 50.8 Å². The zero-order valence-corrected chi connectivity index (χ0v) is 21.1. The second kappa shape index (κ2) is 11.2. The molecule has 2 aromatic rings. The molecule has 2 aromatic carbocycles. The molecular formula is C25H34N2O6S. The van der Waals surface area contributed by atoms with Crippen LogP contribution in [0.3, 0.4) is 0 Å². The van der Waals surface area contributed by atoms with Gasteiger partial charge < -0.3 is 19.5 Å². The maximum absolute atomic E-state index is 12.9. The Balaban J connectivity index is 1.56. The molecule has 0 bridgehead atoms. The minimum atomic E-state index is -3.68. The van der Waals surface area contributed by atoms with Gasteiger partial charge in [0, 0.05) is 19.5 Å². The number of carbonyl (C=O) groups is 1. The van der Waals surface area contributed by atoms with Crippen LogP contribution >= 0.6 is 0 Å². The summed E-state index contributed by atoms with van der Waals surface area (Å²) in [6.45, 7) is 8.19. The summed E-state index contributed by atoms with van der Waals surface area (Å²) in [6, 6.07) is 12.4. The first kappa shape index (κ1) is 26.0. The summed E-state index contributed by atoms with van der Waals surface area (Å²) in [6.07, 6.45) is 0.741. The molecule has 0 atom stereocenters. The first-order valence-corrected chi connectivity index (χ1v) is 12.8. The number of amides is 1. The van der Waals surface area contributed by atoms with Gasteiger partial charge in [-0.25, -0.2) is 8.42 Å². The van der Waals surface area contributed by atoms with Gasteiger partial charge in [0.15, 0.2) is 0 Å².